The average Bonchev–Trinajstić information content (AvgIpc) is 2.71. The molecular weight excluding hydrogens is 265 g/mol. The number of nitrogens with zero attached hydrogens (tertiary/aromatic N) is 2. The largest absolute Gasteiger partial charge is 0.383 e. The van der Waals surface area contributed by atoms with Crippen LogP contribution in [0, 0.1) is 12.7 Å². The lowest BCUT2D eigenvalue weighted by atomic mass is 9.95. The van der Waals surface area contributed by atoms with E-state index in [2.05, 4.69) is 27.4 Å². The predicted molar refractivity (Wildman–Crippen MR) is 85.7 cm³/mol. The Hall–Kier alpha value is -2.10. The highest BCUT2D eigenvalue weighted by atomic mass is 19.1. The number of rotatable bonds is 3. The Bertz CT molecular complexity index is 678. The minimum absolute atomic E-state index is 0.156. The highest BCUT2D eigenvalue weighted by molar-refractivity contribution is 5.74. The molecule has 2 N–H and O–H groups in total. The van der Waals surface area contributed by atoms with Crippen molar-refractivity contribution in [3.63, 3.8) is 0 Å². The van der Waals surface area contributed by atoms with Crippen LogP contribution in [0.2, 0.25) is 0 Å². The third-order valence-electron chi connectivity index (χ3n) is 3.44. The summed E-state index contributed by atoms with van der Waals surface area (Å²) < 4.78 is 15.5. The van der Waals surface area contributed by atoms with E-state index < -0.39 is 0 Å². The van der Waals surface area contributed by atoms with E-state index >= 15 is 0 Å². The fraction of sp³-hybridized carbons (Fsp3) is 0.353. The summed E-state index contributed by atoms with van der Waals surface area (Å²) in [5.74, 6) is 1.14. The maximum absolute atomic E-state index is 13.6. The van der Waals surface area contributed by atoms with Gasteiger partial charge in [0.2, 0.25) is 0 Å². The Kier molecular flexibility index (Phi) is 3.90. The van der Waals surface area contributed by atoms with Crippen molar-refractivity contribution in [1.29, 1.82) is 0 Å². The van der Waals surface area contributed by atoms with Gasteiger partial charge in [0.1, 0.15) is 23.2 Å². The number of aromatic nitrogens is 2. The van der Waals surface area contributed by atoms with Crippen LogP contribution in [0.5, 0.6) is 0 Å². The van der Waals surface area contributed by atoms with Gasteiger partial charge in [0.25, 0.3) is 0 Å². The van der Waals surface area contributed by atoms with Crippen LogP contribution in [0.4, 0.5) is 10.2 Å². The number of nitrogens with two attached hydrogens (primary N) is 1. The molecule has 0 atom stereocenters. The van der Waals surface area contributed by atoms with Gasteiger partial charge in [-0.1, -0.05) is 32.9 Å². The molecule has 21 heavy (non-hydrogen) atoms. The molecule has 0 radical (unpaired) electrons. The SMILES string of the molecule is C=CCn1c(C(C)(C)C)nc(-c2cc(F)ccc2C)c1N. The molecule has 0 aliphatic carbocycles. The van der Waals surface area contributed by atoms with Crippen LogP contribution in [0.3, 0.4) is 0 Å². The molecule has 1 aromatic heterocycles. The van der Waals surface area contributed by atoms with Gasteiger partial charge in [-0.3, -0.25) is 0 Å². The number of allylic oxidation sites excluding steroid dienone is 1. The van der Waals surface area contributed by atoms with Gasteiger partial charge in [0.05, 0.1) is 0 Å². The summed E-state index contributed by atoms with van der Waals surface area (Å²) in [6, 6.07) is 4.67. The van der Waals surface area contributed by atoms with Gasteiger partial charge in [-0.2, -0.15) is 0 Å². The molecule has 0 saturated heterocycles. The van der Waals surface area contributed by atoms with Gasteiger partial charge in [-0.15, -0.1) is 6.58 Å². The molecule has 2 aromatic rings. The van der Waals surface area contributed by atoms with Crippen LogP contribution < -0.4 is 5.73 Å². The monoisotopic (exact) mass is 287 g/mol. The summed E-state index contributed by atoms with van der Waals surface area (Å²) in [7, 11) is 0. The molecule has 0 unspecified atom stereocenters. The van der Waals surface area contributed by atoms with Crippen molar-refractivity contribution in [2.75, 3.05) is 5.73 Å². The smallest absolute Gasteiger partial charge is 0.132 e. The minimum Gasteiger partial charge on any atom is -0.383 e. The second kappa shape index (κ2) is 5.35. The number of anilines is 1. The second-order valence-corrected chi connectivity index (χ2v) is 6.28. The topological polar surface area (TPSA) is 43.8 Å². The van der Waals surface area contributed by atoms with Gasteiger partial charge < -0.3 is 10.3 Å². The molecule has 2 rings (SSSR count). The maximum atomic E-state index is 13.6. The number of aryl methyl sites for hydroxylation is 1. The summed E-state index contributed by atoms with van der Waals surface area (Å²) in [6.45, 7) is 12.5. The quantitative estimate of drug-likeness (QED) is 0.865. The zero-order chi connectivity index (χ0) is 15.8. The first-order valence-electron chi connectivity index (χ1n) is 6.99. The van der Waals surface area contributed by atoms with Crippen molar-refractivity contribution in [1.82, 2.24) is 9.55 Å². The molecule has 1 aromatic carbocycles. The van der Waals surface area contributed by atoms with Crippen LogP contribution in [0.1, 0.15) is 32.2 Å². The Labute approximate surface area is 125 Å². The lowest BCUT2D eigenvalue weighted by molar-refractivity contribution is 0.515. The Morgan fingerprint density at radius 1 is 1.38 bits per heavy atom. The molecule has 0 spiro atoms. The average molecular weight is 287 g/mol. The summed E-state index contributed by atoms with van der Waals surface area (Å²) in [6.07, 6.45) is 1.79. The van der Waals surface area contributed by atoms with E-state index in [1.54, 1.807) is 12.1 Å². The third kappa shape index (κ3) is 2.84. The first-order valence-corrected chi connectivity index (χ1v) is 6.99. The van der Waals surface area contributed by atoms with E-state index in [0.717, 1.165) is 17.0 Å². The molecule has 4 heteroatoms. The van der Waals surface area contributed by atoms with Crippen molar-refractivity contribution < 1.29 is 4.39 Å². The predicted octanol–water partition coefficient (Wildman–Crippen LogP) is 4.06. The van der Waals surface area contributed by atoms with Crippen LogP contribution >= 0.6 is 0 Å². The Morgan fingerprint density at radius 2 is 2.05 bits per heavy atom. The van der Waals surface area contributed by atoms with Crippen molar-refractivity contribution in [2.45, 2.75) is 39.7 Å². The number of imidazole rings is 1. The molecule has 0 aliphatic rings. The van der Waals surface area contributed by atoms with Crippen LogP contribution in [-0.4, -0.2) is 9.55 Å². The van der Waals surface area contributed by atoms with Gasteiger partial charge in [0, 0.05) is 17.5 Å². The molecule has 0 fully saturated rings. The molecule has 3 nitrogen and oxygen atoms in total. The lowest BCUT2D eigenvalue weighted by Gasteiger charge is -2.19. The van der Waals surface area contributed by atoms with Gasteiger partial charge in [-0.25, -0.2) is 9.37 Å². The van der Waals surface area contributed by atoms with Crippen LogP contribution in [0.25, 0.3) is 11.3 Å². The van der Waals surface area contributed by atoms with E-state index in [-0.39, 0.29) is 11.2 Å². The van der Waals surface area contributed by atoms with E-state index in [1.165, 1.54) is 12.1 Å². The first kappa shape index (κ1) is 15.3. The van der Waals surface area contributed by atoms with Crippen molar-refractivity contribution in [2.24, 2.45) is 0 Å². The summed E-state index contributed by atoms with van der Waals surface area (Å²) in [5, 5.41) is 0. The van der Waals surface area contributed by atoms with E-state index in [4.69, 9.17) is 10.7 Å². The van der Waals surface area contributed by atoms with Gasteiger partial charge in [-0.05, 0) is 24.6 Å². The highest BCUT2D eigenvalue weighted by Crippen LogP contribution is 2.33. The van der Waals surface area contributed by atoms with E-state index in [9.17, 15) is 4.39 Å². The Morgan fingerprint density at radius 3 is 2.62 bits per heavy atom. The fourth-order valence-corrected chi connectivity index (χ4v) is 2.40. The molecule has 0 aliphatic heterocycles. The van der Waals surface area contributed by atoms with E-state index in [0.29, 0.717) is 18.1 Å². The first-order chi connectivity index (χ1) is 9.75. The molecule has 0 amide bonds. The summed E-state index contributed by atoms with van der Waals surface area (Å²) in [5.41, 5.74) is 8.44. The normalized spacial score (nSPS) is 11.7. The van der Waals surface area contributed by atoms with Crippen LogP contribution in [0.15, 0.2) is 30.9 Å². The molecule has 1 heterocycles. The number of benzene rings is 1. The number of hydrogen-bond acceptors (Lipinski definition) is 2. The van der Waals surface area contributed by atoms with Crippen molar-refractivity contribution in [3.8, 4) is 11.3 Å². The lowest BCUT2D eigenvalue weighted by Crippen LogP contribution is -2.19. The highest BCUT2D eigenvalue weighted by Gasteiger charge is 2.25. The van der Waals surface area contributed by atoms with Crippen molar-refractivity contribution >= 4 is 5.82 Å². The van der Waals surface area contributed by atoms with Crippen molar-refractivity contribution in [3.05, 3.63) is 48.1 Å². The van der Waals surface area contributed by atoms with Gasteiger partial charge >= 0.3 is 0 Å². The number of halogens is 1. The zero-order valence-corrected chi connectivity index (χ0v) is 13.1. The number of hydrogen-bond donors (Lipinski definition) is 1. The fourth-order valence-electron chi connectivity index (χ4n) is 2.40. The standard InChI is InChI=1S/C17H22FN3/c1-6-9-21-15(19)14(20-16(21)17(3,4)5)13-10-12(18)8-7-11(13)2/h6-8,10H,1,9,19H2,2-5H3. The minimum atomic E-state index is -0.287. The van der Waals surface area contributed by atoms with E-state index in [1.807, 2.05) is 11.5 Å². The number of nitrogen functional groups attached to an aromatic ring is 1. The Balaban J connectivity index is 2.70. The molecular formula is C17H22FN3. The molecule has 0 bridgehead atoms. The summed E-state index contributed by atoms with van der Waals surface area (Å²) in [4.78, 5) is 4.70. The zero-order valence-electron chi connectivity index (χ0n) is 13.1. The third-order valence-corrected chi connectivity index (χ3v) is 3.44. The van der Waals surface area contributed by atoms with Gasteiger partial charge in [0.15, 0.2) is 0 Å². The summed E-state index contributed by atoms with van der Waals surface area (Å²) >= 11 is 0. The second-order valence-electron chi connectivity index (χ2n) is 6.28. The molecule has 112 valence electrons. The molecule has 0 saturated carbocycles. The maximum Gasteiger partial charge on any atom is 0.132 e. The van der Waals surface area contributed by atoms with Crippen LogP contribution in [-0.2, 0) is 12.0 Å².